The molecule has 0 aromatic carbocycles. The first-order valence-corrected chi connectivity index (χ1v) is 5.53. The van der Waals surface area contributed by atoms with Crippen molar-refractivity contribution in [2.24, 2.45) is 0 Å². The van der Waals surface area contributed by atoms with Gasteiger partial charge in [-0.2, -0.15) is 0 Å². The lowest BCUT2D eigenvalue weighted by Crippen LogP contribution is -1.83. The fourth-order valence-corrected chi connectivity index (χ4v) is 2.27. The van der Waals surface area contributed by atoms with Crippen molar-refractivity contribution in [1.29, 1.82) is 0 Å². The van der Waals surface area contributed by atoms with Gasteiger partial charge in [0.05, 0.1) is 11.6 Å². The van der Waals surface area contributed by atoms with Crippen molar-refractivity contribution in [3.8, 4) is 0 Å². The molecule has 0 amide bonds. The molecule has 70 valence electrons. The normalized spacial score (nSPS) is 22.0. The molecule has 1 heterocycles. The van der Waals surface area contributed by atoms with E-state index in [9.17, 15) is 0 Å². The Hall–Kier alpha value is -0.210. The van der Waals surface area contributed by atoms with Gasteiger partial charge < -0.3 is 4.42 Å². The molecule has 1 atom stereocenters. The molecule has 3 heteroatoms. The highest BCUT2D eigenvalue weighted by Gasteiger charge is 2.13. The lowest BCUT2D eigenvalue weighted by molar-refractivity contribution is 0.539. The largest absolute Gasteiger partial charge is 0.457 e. The van der Waals surface area contributed by atoms with Crippen LogP contribution in [0.15, 0.2) is 33.1 Å². The summed E-state index contributed by atoms with van der Waals surface area (Å²) in [7, 11) is 0. The summed E-state index contributed by atoms with van der Waals surface area (Å²) >= 11 is 9.25. The summed E-state index contributed by atoms with van der Waals surface area (Å²) in [5.41, 5.74) is 2.64. The van der Waals surface area contributed by atoms with Crippen molar-refractivity contribution < 1.29 is 4.42 Å². The molecule has 1 aromatic heterocycles. The molecule has 1 aliphatic carbocycles. The van der Waals surface area contributed by atoms with E-state index in [0.29, 0.717) is 0 Å². The molecular weight excluding hydrogens is 251 g/mol. The summed E-state index contributed by atoms with van der Waals surface area (Å²) in [4.78, 5) is 0. The number of alkyl halides is 1. The molecule has 1 aliphatic rings. The molecule has 0 bridgehead atoms. The van der Waals surface area contributed by atoms with Gasteiger partial charge in [-0.15, -0.1) is 11.6 Å². The number of hydrogen-bond donors (Lipinski definition) is 0. The summed E-state index contributed by atoms with van der Waals surface area (Å²) < 4.78 is 5.95. The molecule has 13 heavy (non-hydrogen) atoms. The van der Waals surface area contributed by atoms with Crippen LogP contribution in [0.4, 0.5) is 0 Å². The Morgan fingerprint density at radius 2 is 2.46 bits per heavy atom. The van der Waals surface area contributed by atoms with Gasteiger partial charge in [-0.3, -0.25) is 0 Å². The molecule has 1 aromatic rings. The van der Waals surface area contributed by atoms with Gasteiger partial charge in [-0.25, -0.2) is 0 Å². The van der Waals surface area contributed by atoms with Gasteiger partial charge >= 0.3 is 0 Å². The summed E-state index contributed by atoms with van der Waals surface area (Å²) in [6.45, 7) is 0. The Labute approximate surface area is 90.9 Å². The number of furan rings is 1. The maximum atomic E-state index is 5.97. The molecular formula is C10H10BrClO. The topological polar surface area (TPSA) is 13.1 Å². The average Bonchev–Trinajstić information content (AvgIpc) is 2.62. The highest BCUT2D eigenvalue weighted by Crippen LogP contribution is 2.26. The van der Waals surface area contributed by atoms with Crippen LogP contribution in [-0.2, 0) is 6.42 Å². The number of hydrogen-bond acceptors (Lipinski definition) is 1. The number of allylic oxidation sites excluding steroid dienone is 2. The van der Waals surface area contributed by atoms with E-state index in [2.05, 4.69) is 22.0 Å². The summed E-state index contributed by atoms with van der Waals surface area (Å²) in [6, 6.07) is 2.00. The van der Waals surface area contributed by atoms with Crippen LogP contribution in [0.2, 0.25) is 0 Å². The molecule has 0 fully saturated rings. The lowest BCUT2D eigenvalue weighted by Gasteiger charge is -1.95. The fraction of sp³-hybridized carbons (Fsp3) is 0.400. The monoisotopic (exact) mass is 260 g/mol. The minimum atomic E-state index is 0.241. The molecule has 0 aliphatic heterocycles. The van der Waals surface area contributed by atoms with E-state index in [1.807, 2.05) is 6.07 Å². The Morgan fingerprint density at radius 1 is 1.62 bits per heavy atom. The van der Waals surface area contributed by atoms with Gasteiger partial charge in [0.25, 0.3) is 0 Å². The van der Waals surface area contributed by atoms with E-state index in [1.165, 1.54) is 11.1 Å². The third-order valence-corrected chi connectivity index (χ3v) is 2.97. The molecule has 1 nitrogen and oxygen atoms in total. The molecule has 0 radical (unpaired) electrons. The Bertz CT molecular complexity index is 329. The Kier molecular flexibility index (Phi) is 2.80. The zero-order valence-electron chi connectivity index (χ0n) is 7.09. The van der Waals surface area contributed by atoms with Crippen molar-refractivity contribution in [3.05, 3.63) is 34.2 Å². The summed E-state index contributed by atoms with van der Waals surface area (Å²) in [6.07, 6.45) is 7.11. The van der Waals surface area contributed by atoms with Gasteiger partial charge in [0.2, 0.25) is 0 Å². The van der Waals surface area contributed by atoms with Gasteiger partial charge in [-0.05, 0) is 46.8 Å². The quantitative estimate of drug-likeness (QED) is 0.581. The third kappa shape index (κ3) is 2.38. The molecule has 0 saturated carbocycles. The van der Waals surface area contributed by atoms with E-state index in [1.54, 1.807) is 6.26 Å². The minimum Gasteiger partial charge on any atom is -0.457 e. The molecule has 1 unspecified atom stereocenters. The maximum Gasteiger partial charge on any atom is 0.169 e. The molecule has 2 rings (SSSR count). The van der Waals surface area contributed by atoms with Crippen molar-refractivity contribution in [1.82, 2.24) is 0 Å². The summed E-state index contributed by atoms with van der Waals surface area (Å²) in [5, 5.41) is 0.241. The van der Waals surface area contributed by atoms with E-state index >= 15 is 0 Å². The fourth-order valence-electron chi connectivity index (χ4n) is 1.59. The van der Waals surface area contributed by atoms with Crippen LogP contribution in [0.5, 0.6) is 0 Å². The first kappa shape index (κ1) is 9.35. The second-order valence-corrected chi connectivity index (χ2v) is 4.66. The van der Waals surface area contributed by atoms with Crippen molar-refractivity contribution >= 4 is 27.5 Å². The zero-order valence-corrected chi connectivity index (χ0v) is 9.44. The van der Waals surface area contributed by atoms with Gasteiger partial charge in [0, 0.05) is 0 Å². The highest BCUT2D eigenvalue weighted by molar-refractivity contribution is 9.10. The van der Waals surface area contributed by atoms with Crippen LogP contribution >= 0.6 is 27.5 Å². The second-order valence-electron chi connectivity index (χ2n) is 3.32. The van der Waals surface area contributed by atoms with Gasteiger partial charge in [-0.1, -0.05) is 11.6 Å². The van der Waals surface area contributed by atoms with Crippen LogP contribution in [0, 0.1) is 0 Å². The SMILES string of the molecule is ClC1C=C(Cc2coc(Br)c2)CC1. The Balaban J connectivity index is 2.02. The first-order valence-electron chi connectivity index (χ1n) is 4.30. The second kappa shape index (κ2) is 3.89. The number of halogens is 2. The minimum absolute atomic E-state index is 0.241. The highest BCUT2D eigenvalue weighted by atomic mass is 79.9. The smallest absolute Gasteiger partial charge is 0.169 e. The molecule has 0 spiro atoms. The van der Waals surface area contributed by atoms with Crippen molar-refractivity contribution in [3.63, 3.8) is 0 Å². The number of rotatable bonds is 2. The van der Waals surface area contributed by atoms with E-state index in [4.69, 9.17) is 16.0 Å². The van der Waals surface area contributed by atoms with Crippen LogP contribution in [0.3, 0.4) is 0 Å². The molecule has 0 saturated heterocycles. The zero-order chi connectivity index (χ0) is 9.26. The van der Waals surface area contributed by atoms with Crippen LogP contribution < -0.4 is 0 Å². The van der Waals surface area contributed by atoms with Gasteiger partial charge in [0.15, 0.2) is 4.67 Å². The third-order valence-electron chi connectivity index (χ3n) is 2.21. The van der Waals surface area contributed by atoms with Crippen molar-refractivity contribution in [2.75, 3.05) is 0 Å². The van der Waals surface area contributed by atoms with Gasteiger partial charge in [0.1, 0.15) is 0 Å². The lowest BCUT2D eigenvalue weighted by atomic mass is 10.1. The van der Waals surface area contributed by atoms with E-state index < -0.39 is 0 Å². The Morgan fingerprint density at radius 3 is 3.00 bits per heavy atom. The van der Waals surface area contributed by atoms with Crippen LogP contribution in [-0.4, -0.2) is 5.38 Å². The van der Waals surface area contributed by atoms with Crippen LogP contribution in [0.1, 0.15) is 18.4 Å². The van der Waals surface area contributed by atoms with Crippen LogP contribution in [0.25, 0.3) is 0 Å². The van der Waals surface area contributed by atoms with E-state index in [0.717, 1.165) is 23.9 Å². The first-order chi connectivity index (χ1) is 6.24. The molecule has 0 N–H and O–H groups in total. The predicted octanol–water partition coefficient (Wildman–Crippen LogP) is 3.91. The summed E-state index contributed by atoms with van der Waals surface area (Å²) in [5.74, 6) is 0. The predicted molar refractivity (Wildman–Crippen MR) is 57.1 cm³/mol. The van der Waals surface area contributed by atoms with Crippen molar-refractivity contribution in [2.45, 2.75) is 24.6 Å². The standard InChI is InChI=1S/C10H10BrClO/c11-10-5-8(6-13-10)3-7-1-2-9(12)4-7/h4-6,9H,1-3H2. The maximum absolute atomic E-state index is 5.97. The average molecular weight is 262 g/mol. The van der Waals surface area contributed by atoms with E-state index in [-0.39, 0.29) is 5.38 Å².